The van der Waals surface area contributed by atoms with Gasteiger partial charge in [-0.15, -0.1) is 0 Å². The van der Waals surface area contributed by atoms with E-state index in [0.717, 1.165) is 12.0 Å². The summed E-state index contributed by atoms with van der Waals surface area (Å²) in [6, 6.07) is 58.3. The highest BCUT2D eigenvalue weighted by Crippen LogP contribution is 2.42. The molecule has 1 nitrogen and oxygen atoms in total. The van der Waals surface area contributed by atoms with Gasteiger partial charge in [0.1, 0.15) is 0 Å². The lowest BCUT2D eigenvalue weighted by atomic mass is 9.80. The van der Waals surface area contributed by atoms with E-state index in [0.29, 0.717) is 5.57 Å². The van der Waals surface area contributed by atoms with Crippen molar-refractivity contribution in [2.24, 2.45) is 0 Å². The largest absolute Gasteiger partial charge is 0.192 e. The lowest BCUT2D eigenvalue weighted by molar-refractivity contribution is 0.862. The molecule has 208 valence electrons. The van der Waals surface area contributed by atoms with Gasteiger partial charge in [0.05, 0.1) is 6.07 Å². The summed E-state index contributed by atoms with van der Waals surface area (Å²) < 4.78 is 0. The number of allylic oxidation sites excluding steroid dienone is 4. The van der Waals surface area contributed by atoms with Crippen LogP contribution in [0.2, 0.25) is 0 Å². The molecule has 6 aromatic rings. The van der Waals surface area contributed by atoms with Crippen LogP contribution >= 0.6 is 0 Å². The van der Waals surface area contributed by atoms with Gasteiger partial charge in [-0.3, -0.25) is 0 Å². The molecule has 0 aromatic heterocycles. The third kappa shape index (κ3) is 5.54. The van der Waals surface area contributed by atoms with Gasteiger partial charge in [0.25, 0.3) is 0 Å². The van der Waals surface area contributed by atoms with Crippen LogP contribution in [0, 0.1) is 11.3 Å². The molecule has 44 heavy (non-hydrogen) atoms. The first-order valence-corrected chi connectivity index (χ1v) is 15.1. The molecule has 6 aromatic carbocycles. The fourth-order valence-corrected chi connectivity index (χ4v) is 6.28. The maximum atomic E-state index is 10.1. The molecular weight excluding hydrogens is 530 g/mol. The van der Waals surface area contributed by atoms with Crippen molar-refractivity contribution >= 4 is 5.57 Å². The Bertz CT molecular complexity index is 2010. The summed E-state index contributed by atoms with van der Waals surface area (Å²) in [6.45, 7) is 0. The first-order chi connectivity index (χ1) is 21.8. The van der Waals surface area contributed by atoms with Crippen molar-refractivity contribution in [3.05, 3.63) is 187 Å². The van der Waals surface area contributed by atoms with Gasteiger partial charge in [0.2, 0.25) is 0 Å². The summed E-state index contributed by atoms with van der Waals surface area (Å²) in [5, 5.41) is 10.1. The van der Waals surface area contributed by atoms with Crippen molar-refractivity contribution in [2.75, 3.05) is 0 Å². The fraction of sp³-hybridized carbons (Fsp3) is 0.0465. The third-order valence-corrected chi connectivity index (χ3v) is 8.48. The Morgan fingerprint density at radius 2 is 0.909 bits per heavy atom. The summed E-state index contributed by atoms with van der Waals surface area (Å²) >= 11 is 0. The van der Waals surface area contributed by atoms with Crippen molar-refractivity contribution < 1.29 is 0 Å². The molecule has 0 fully saturated rings. The van der Waals surface area contributed by atoms with Gasteiger partial charge in [-0.05, 0) is 85.8 Å². The fourth-order valence-electron chi connectivity index (χ4n) is 6.28. The van der Waals surface area contributed by atoms with Gasteiger partial charge in [-0.2, -0.15) is 5.26 Å². The number of benzene rings is 6. The molecule has 0 bridgehead atoms. The minimum absolute atomic E-state index is 0.0888. The van der Waals surface area contributed by atoms with E-state index >= 15 is 0 Å². The monoisotopic (exact) mass is 561 g/mol. The number of nitriles is 1. The van der Waals surface area contributed by atoms with Crippen LogP contribution in [0.25, 0.3) is 50.1 Å². The van der Waals surface area contributed by atoms with Gasteiger partial charge < -0.3 is 0 Å². The van der Waals surface area contributed by atoms with E-state index in [9.17, 15) is 5.26 Å². The van der Waals surface area contributed by atoms with E-state index in [1.165, 1.54) is 55.6 Å². The van der Waals surface area contributed by atoms with Crippen LogP contribution in [-0.2, 0) is 0 Å². The van der Waals surface area contributed by atoms with Crippen molar-refractivity contribution in [3.8, 4) is 50.6 Å². The van der Waals surface area contributed by atoms with E-state index in [4.69, 9.17) is 0 Å². The molecule has 0 aliphatic heterocycles. The third-order valence-electron chi connectivity index (χ3n) is 8.48. The SMILES string of the molecule is N#CC1=CC(c2ccc(-c3ccccc3)c(-c3ccccc3)c2)CC(c2ccc(-c3ccccc3)c(-c3ccccc3)c2)=C1. The van der Waals surface area contributed by atoms with Crippen LogP contribution in [-0.4, -0.2) is 0 Å². The van der Waals surface area contributed by atoms with E-state index in [-0.39, 0.29) is 5.92 Å². The smallest absolute Gasteiger partial charge is 0.0988 e. The predicted octanol–water partition coefficient (Wildman–Crippen LogP) is 11.4. The average Bonchev–Trinajstić information content (AvgIpc) is 3.12. The molecule has 0 amide bonds. The van der Waals surface area contributed by atoms with Crippen molar-refractivity contribution in [3.63, 3.8) is 0 Å². The summed E-state index contributed by atoms with van der Waals surface area (Å²) in [7, 11) is 0. The van der Waals surface area contributed by atoms with Crippen LogP contribution < -0.4 is 0 Å². The second-order valence-electron chi connectivity index (χ2n) is 11.2. The zero-order valence-electron chi connectivity index (χ0n) is 24.4. The van der Waals surface area contributed by atoms with Gasteiger partial charge in [0, 0.05) is 11.5 Å². The maximum Gasteiger partial charge on any atom is 0.0988 e. The van der Waals surface area contributed by atoms with Gasteiger partial charge in [-0.1, -0.05) is 152 Å². The average molecular weight is 562 g/mol. The van der Waals surface area contributed by atoms with Gasteiger partial charge in [0.15, 0.2) is 0 Å². The first-order valence-electron chi connectivity index (χ1n) is 15.1. The Balaban J connectivity index is 1.30. The molecule has 0 heterocycles. The minimum Gasteiger partial charge on any atom is -0.192 e. The molecule has 1 aliphatic carbocycles. The Morgan fingerprint density at radius 3 is 1.41 bits per heavy atom. The zero-order valence-corrected chi connectivity index (χ0v) is 24.4. The first kappa shape index (κ1) is 27.1. The number of hydrogen-bond donors (Lipinski definition) is 0. The quantitative estimate of drug-likeness (QED) is 0.198. The molecule has 0 spiro atoms. The summed E-state index contributed by atoms with van der Waals surface area (Å²) in [4.78, 5) is 0. The molecule has 0 saturated heterocycles. The lowest BCUT2D eigenvalue weighted by Gasteiger charge is -2.23. The molecule has 1 atom stereocenters. The normalized spacial score (nSPS) is 14.3. The van der Waals surface area contributed by atoms with Crippen LogP contribution in [0.15, 0.2) is 175 Å². The molecule has 1 heteroatoms. The lowest BCUT2D eigenvalue weighted by Crippen LogP contribution is -2.04. The van der Waals surface area contributed by atoms with Gasteiger partial charge >= 0.3 is 0 Å². The van der Waals surface area contributed by atoms with Crippen molar-refractivity contribution in [1.82, 2.24) is 0 Å². The van der Waals surface area contributed by atoms with Crippen LogP contribution in [0.3, 0.4) is 0 Å². The standard InChI is InChI=1S/C43H31N/c44-30-31-25-38(36-21-23-40(32-13-5-1-6-14-32)42(28-36)34-17-9-3-10-18-34)27-39(26-31)37-22-24-41(33-15-7-2-8-16-33)43(29-37)35-19-11-4-12-20-35/h1-26,28-29,38H,27H2. The Hall–Kier alpha value is -5.71. The molecular formula is C43H31N. The molecule has 1 unspecified atom stereocenters. The summed E-state index contributed by atoms with van der Waals surface area (Å²) in [5.41, 5.74) is 13.8. The zero-order chi connectivity index (χ0) is 29.7. The second kappa shape index (κ2) is 12.3. The van der Waals surface area contributed by atoms with Crippen LogP contribution in [0.1, 0.15) is 23.5 Å². The minimum atomic E-state index is 0.0888. The van der Waals surface area contributed by atoms with E-state index < -0.39 is 0 Å². The van der Waals surface area contributed by atoms with Crippen LogP contribution in [0.5, 0.6) is 0 Å². The van der Waals surface area contributed by atoms with E-state index in [1.54, 1.807) is 0 Å². The summed E-state index contributed by atoms with van der Waals surface area (Å²) in [6.07, 6.45) is 5.02. The Kier molecular flexibility index (Phi) is 7.56. The van der Waals surface area contributed by atoms with E-state index in [2.05, 4.69) is 176 Å². The number of hydrogen-bond acceptors (Lipinski definition) is 1. The van der Waals surface area contributed by atoms with Crippen LogP contribution in [0.4, 0.5) is 0 Å². The Labute approximate surface area is 259 Å². The topological polar surface area (TPSA) is 23.8 Å². The number of rotatable bonds is 6. The molecule has 0 N–H and O–H groups in total. The summed E-state index contributed by atoms with van der Waals surface area (Å²) in [5.74, 6) is 0.0888. The van der Waals surface area contributed by atoms with Gasteiger partial charge in [-0.25, -0.2) is 0 Å². The predicted molar refractivity (Wildman–Crippen MR) is 184 cm³/mol. The van der Waals surface area contributed by atoms with E-state index in [1.807, 2.05) is 0 Å². The van der Waals surface area contributed by atoms with Crippen molar-refractivity contribution in [2.45, 2.75) is 12.3 Å². The highest BCUT2D eigenvalue weighted by atomic mass is 14.3. The maximum absolute atomic E-state index is 10.1. The highest BCUT2D eigenvalue weighted by molar-refractivity contribution is 5.88. The molecule has 0 radical (unpaired) electrons. The molecule has 1 aliphatic rings. The highest BCUT2D eigenvalue weighted by Gasteiger charge is 2.21. The molecule has 7 rings (SSSR count). The number of nitrogens with zero attached hydrogens (tertiary/aromatic N) is 1. The Morgan fingerprint density at radius 1 is 0.455 bits per heavy atom. The molecule has 0 saturated carbocycles. The van der Waals surface area contributed by atoms with Crippen molar-refractivity contribution in [1.29, 1.82) is 5.26 Å². The second-order valence-corrected chi connectivity index (χ2v) is 11.2.